The molecule has 1 heterocycles. The zero-order valence-corrected chi connectivity index (χ0v) is 12.9. The van der Waals surface area contributed by atoms with Gasteiger partial charge in [-0.3, -0.25) is 9.58 Å². The van der Waals surface area contributed by atoms with Crippen LogP contribution in [-0.4, -0.2) is 60.7 Å². The summed E-state index contributed by atoms with van der Waals surface area (Å²) in [7, 11) is 1.90. The molecule has 6 nitrogen and oxygen atoms in total. The Labute approximate surface area is 121 Å². The van der Waals surface area contributed by atoms with Crippen LogP contribution < -0.4 is 5.73 Å². The standard InChI is InChI=1S/C14H28N4O2/c1-4-19-8-6-18(7-9-20-5-2)12-14(15)13-10-16-17(3)11-13/h10-11,14H,4-9,12,15H2,1-3H3. The van der Waals surface area contributed by atoms with E-state index in [1.807, 2.05) is 33.3 Å². The number of hydrogen-bond donors (Lipinski definition) is 1. The molecule has 0 aliphatic heterocycles. The number of ether oxygens (including phenoxy) is 2. The van der Waals surface area contributed by atoms with Gasteiger partial charge in [0.1, 0.15) is 0 Å². The number of nitrogens with two attached hydrogens (primary N) is 1. The van der Waals surface area contributed by atoms with Gasteiger partial charge in [0.25, 0.3) is 0 Å². The van der Waals surface area contributed by atoms with Gasteiger partial charge in [0.2, 0.25) is 0 Å². The predicted molar refractivity (Wildman–Crippen MR) is 79.6 cm³/mol. The number of rotatable bonds is 11. The zero-order chi connectivity index (χ0) is 14.8. The minimum atomic E-state index is -0.0352. The average Bonchev–Trinajstić information content (AvgIpc) is 2.86. The maximum Gasteiger partial charge on any atom is 0.0593 e. The van der Waals surface area contributed by atoms with Crippen molar-refractivity contribution in [1.82, 2.24) is 14.7 Å². The predicted octanol–water partition coefficient (Wildman–Crippen LogP) is 0.795. The smallest absolute Gasteiger partial charge is 0.0593 e. The van der Waals surface area contributed by atoms with Crippen molar-refractivity contribution in [2.24, 2.45) is 12.8 Å². The summed E-state index contributed by atoms with van der Waals surface area (Å²) in [5, 5.41) is 4.16. The third-order valence-electron chi connectivity index (χ3n) is 3.12. The number of hydrogen-bond acceptors (Lipinski definition) is 5. The maximum absolute atomic E-state index is 6.24. The SMILES string of the molecule is CCOCCN(CCOCC)CC(N)c1cnn(C)c1. The van der Waals surface area contributed by atoms with Crippen LogP contribution in [0.3, 0.4) is 0 Å². The Hall–Kier alpha value is -0.950. The second kappa shape index (κ2) is 9.88. The fourth-order valence-corrected chi connectivity index (χ4v) is 1.99. The van der Waals surface area contributed by atoms with Crippen LogP contribution in [0.25, 0.3) is 0 Å². The lowest BCUT2D eigenvalue weighted by Crippen LogP contribution is -2.37. The molecule has 0 bridgehead atoms. The molecule has 1 rings (SSSR count). The second-order valence-electron chi connectivity index (χ2n) is 4.75. The largest absolute Gasteiger partial charge is 0.380 e. The summed E-state index contributed by atoms with van der Waals surface area (Å²) in [5.74, 6) is 0. The average molecular weight is 284 g/mol. The molecule has 0 saturated carbocycles. The van der Waals surface area contributed by atoms with Crippen LogP contribution in [0.15, 0.2) is 12.4 Å². The molecule has 116 valence electrons. The Balaban J connectivity index is 2.44. The monoisotopic (exact) mass is 284 g/mol. The first-order valence-electron chi connectivity index (χ1n) is 7.29. The van der Waals surface area contributed by atoms with Crippen molar-refractivity contribution in [3.63, 3.8) is 0 Å². The van der Waals surface area contributed by atoms with E-state index in [1.54, 1.807) is 4.68 Å². The lowest BCUT2D eigenvalue weighted by molar-refractivity contribution is 0.0802. The summed E-state index contributed by atoms with van der Waals surface area (Å²) in [6.07, 6.45) is 3.79. The van der Waals surface area contributed by atoms with E-state index in [9.17, 15) is 0 Å². The lowest BCUT2D eigenvalue weighted by atomic mass is 10.1. The number of nitrogens with zero attached hydrogens (tertiary/aromatic N) is 3. The highest BCUT2D eigenvalue weighted by molar-refractivity contribution is 5.09. The van der Waals surface area contributed by atoms with Crippen molar-refractivity contribution in [1.29, 1.82) is 0 Å². The molecule has 0 spiro atoms. The van der Waals surface area contributed by atoms with Gasteiger partial charge in [-0.05, 0) is 13.8 Å². The Morgan fingerprint density at radius 1 is 1.25 bits per heavy atom. The van der Waals surface area contributed by atoms with E-state index in [0.29, 0.717) is 0 Å². The van der Waals surface area contributed by atoms with Crippen molar-refractivity contribution >= 4 is 0 Å². The highest BCUT2D eigenvalue weighted by Crippen LogP contribution is 2.10. The highest BCUT2D eigenvalue weighted by atomic mass is 16.5. The van der Waals surface area contributed by atoms with Crippen LogP contribution in [0.2, 0.25) is 0 Å². The first-order chi connectivity index (χ1) is 9.67. The molecule has 0 aromatic carbocycles. The van der Waals surface area contributed by atoms with Crippen molar-refractivity contribution in [2.75, 3.05) is 46.1 Å². The molecule has 0 fully saturated rings. The van der Waals surface area contributed by atoms with Gasteiger partial charge in [0.05, 0.1) is 19.4 Å². The molecule has 1 unspecified atom stereocenters. The van der Waals surface area contributed by atoms with Crippen LogP contribution in [0.1, 0.15) is 25.5 Å². The molecule has 1 aromatic heterocycles. The zero-order valence-electron chi connectivity index (χ0n) is 12.9. The van der Waals surface area contributed by atoms with E-state index in [4.69, 9.17) is 15.2 Å². The quantitative estimate of drug-likeness (QED) is 0.609. The Morgan fingerprint density at radius 3 is 2.30 bits per heavy atom. The van der Waals surface area contributed by atoms with Gasteiger partial charge in [-0.2, -0.15) is 5.10 Å². The van der Waals surface area contributed by atoms with Crippen molar-refractivity contribution < 1.29 is 9.47 Å². The molecule has 20 heavy (non-hydrogen) atoms. The van der Waals surface area contributed by atoms with E-state index >= 15 is 0 Å². The molecule has 2 N–H and O–H groups in total. The lowest BCUT2D eigenvalue weighted by Gasteiger charge is -2.25. The van der Waals surface area contributed by atoms with E-state index < -0.39 is 0 Å². The minimum Gasteiger partial charge on any atom is -0.380 e. The van der Waals surface area contributed by atoms with E-state index in [2.05, 4.69) is 10.00 Å². The summed E-state index contributed by atoms with van der Waals surface area (Å²) in [5.41, 5.74) is 7.30. The highest BCUT2D eigenvalue weighted by Gasteiger charge is 2.13. The Morgan fingerprint density at radius 2 is 1.85 bits per heavy atom. The van der Waals surface area contributed by atoms with Crippen molar-refractivity contribution in [2.45, 2.75) is 19.9 Å². The van der Waals surface area contributed by atoms with Crippen LogP contribution in [0.4, 0.5) is 0 Å². The molecule has 1 aromatic rings. The summed E-state index contributed by atoms with van der Waals surface area (Å²) >= 11 is 0. The summed E-state index contributed by atoms with van der Waals surface area (Å²) in [4.78, 5) is 2.28. The van der Waals surface area contributed by atoms with Crippen molar-refractivity contribution in [3.8, 4) is 0 Å². The Bertz CT molecular complexity index is 347. The fourth-order valence-electron chi connectivity index (χ4n) is 1.99. The van der Waals surface area contributed by atoms with Crippen molar-refractivity contribution in [3.05, 3.63) is 18.0 Å². The molecule has 0 amide bonds. The van der Waals surface area contributed by atoms with Gasteiger partial charge in [-0.25, -0.2) is 0 Å². The first kappa shape index (κ1) is 17.1. The van der Waals surface area contributed by atoms with Crippen LogP contribution in [0.5, 0.6) is 0 Å². The van der Waals surface area contributed by atoms with Crippen LogP contribution in [0, 0.1) is 0 Å². The van der Waals surface area contributed by atoms with Crippen LogP contribution >= 0.6 is 0 Å². The minimum absolute atomic E-state index is 0.0352. The summed E-state index contributed by atoms with van der Waals surface area (Å²) in [6, 6.07) is -0.0352. The maximum atomic E-state index is 6.24. The third-order valence-corrected chi connectivity index (χ3v) is 3.12. The normalized spacial score (nSPS) is 13.1. The van der Waals surface area contributed by atoms with Gasteiger partial charge in [0.15, 0.2) is 0 Å². The van der Waals surface area contributed by atoms with Gasteiger partial charge in [-0.15, -0.1) is 0 Å². The van der Waals surface area contributed by atoms with Gasteiger partial charge < -0.3 is 15.2 Å². The number of aryl methyl sites for hydroxylation is 1. The van der Waals surface area contributed by atoms with E-state index in [1.165, 1.54) is 0 Å². The Kier molecular flexibility index (Phi) is 8.45. The van der Waals surface area contributed by atoms with E-state index in [-0.39, 0.29) is 6.04 Å². The fraction of sp³-hybridized carbons (Fsp3) is 0.786. The van der Waals surface area contributed by atoms with Gasteiger partial charge in [0, 0.05) is 57.7 Å². The molecular formula is C14H28N4O2. The first-order valence-corrected chi connectivity index (χ1v) is 7.29. The molecule has 0 aliphatic rings. The van der Waals surface area contributed by atoms with E-state index in [0.717, 1.165) is 51.6 Å². The summed E-state index contributed by atoms with van der Waals surface area (Å²) in [6.45, 7) is 9.47. The number of aromatic nitrogens is 2. The molecule has 0 radical (unpaired) electrons. The second-order valence-corrected chi connectivity index (χ2v) is 4.75. The molecule has 0 saturated heterocycles. The van der Waals surface area contributed by atoms with Gasteiger partial charge in [-0.1, -0.05) is 0 Å². The van der Waals surface area contributed by atoms with Crippen LogP contribution in [-0.2, 0) is 16.5 Å². The van der Waals surface area contributed by atoms with Gasteiger partial charge >= 0.3 is 0 Å². The molecule has 6 heteroatoms. The topological polar surface area (TPSA) is 65.5 Å². The molecule has 1 atom stereocenters. The molecule has 0 aliphatic carbocycles. The molecular weight excluding hydrogens is 256 g/mol. The summed E-state index contributed by atoms with van der Waals surface area (Å²) < 4.78 is 12.6. The third kappa shape index (κ3) is 6.47.